The Hall–Kier alpha value is -0.160. The van der Waals surface area contributed by atoms with E-state index in [1.165, 1.54) is 0 Å². The van der Waals surface area contributed by atoms with Crippen LogP contribution in [0.5, 0.6) is 0 Å². The zero-order valence-corrected chi connectivity index (χ0v) is 11.0. The Morgan fingerprint density at radius 1 is 1.12 bits per heavy atom. The van der Waals surface area contributed by atoms with Gasteiger partial charge < -0.3 is 19.3 Å². The predicted octanol–water partition coefficient (Wildman–Crippen LogP) is 1.61. The van der Waals surface area contributed by atoms with Gasteiger partial charge in [0.15, 0.2) is 0 Å². The van der Waals surface area contributed by atoms with Crippen molar-refractivity contribution in [3.05, 3.63) is 0 Å². The molecule has 0 fully saturated rings. The van der Waals surface area contributed by atoms with Crippen LogP contribution in [0.2, 0.25) is 0 Å². The van der Waals surface area contributed by atoms with E-state index < -0.39 is 0 Å². The average Bonchev–Trinajstić information content (AvgIpc) is 2.21. The molecule has 0 heterocycles. The van der Waals surface area contributed by atoms with Crippen molar-refractivity contribution < 1.29 is 19.3 Å². The molecule has 0 aromatic heterocycles. The van der Waals surface area contributed by atoms with Crippen LogP contribution < -0.4 is 0 Å². The number of hydrogen-bond acceptors (Lipinski definition) is 4. The minimum atomic E-state index is -0.221. The summed E-state index contributed by atoms with van der Waals surface area (Å²) in [4.78, 5) is 0. The summed E-state index contributed by atoms with van der Waals surface area (Å²) in [5.41, 5.74) is -0.188. The number of rotatable bonds is 9. The molecule has 16 heavy (non-hydrogen) atoms. The molecule has 4 nitrogen and oxygen atoms in total. The Kier molecular flexibility index (Phi) is 8.84. The summed E-state index contributed by atoms with van der Waals surface area (Å²) in [5.74, 6) is 0. The van der Waals surface area contributed by atoms with E-state index in [-0.39, 0.29) is 18.3 Å². The van der Waals surface area contributed by atoms with Crippen LogP contribution >= 0.6 is 0 Å². The molecule has 0 spiro atoms. The molecule has 0 aliphatic heterocycles. The highest BCUT2D eigenvalue weighted by Crippen LogP contribution is 2.08. The molecule has 0 aliphatic carbocycles. The van der Waals surface area contributed by atoms with Crippen LogP contribution in [0, 0.1) is 0 Å². The van der Waals surface area contributed by atoms with E-state index in [0.29, 0.717) is 13.2 Å². The van der Waals surface area contributed by atoms with E-state index in [1.54, 1.807) is 7.11 Å². The maximum absolute atomic E-state index is 9.10. The number of methoxy groups -OCH3 is 1. The van der Waals surface area contributed by atoms with E-state index in [1.807, 2.05) is 20.8 Å². The number of aliphatic hydroxyl groups is 1. The molecule has 0 aliphatic rings. The second-order valence-electron chi connectivity index (χ2n) is 4.80. The van der Waals surface area contributed by atoms with Crippen LogP contribution in [0.15, 0.2) is 0 Å². The third kappa shape index (κ3) is 10.4. The molecule has 0 amide bonds. The van der Waals surface area contributed by atoms with Crippen LogP contribution in [0.1, 0.15) is 33.6 Å². The maximum Gasteiger partial charge on any atom is 0.104 e. The monoisotopic (exact) mass is 234 g/mol. The molecule has 0 radical (unpaired) electrons. The minimum absolute atomic E-state index is 0.000355. The van der Waals surface area contributed by atoms with Gasteiger partial charge in [-0.25, -0.2) is 0 Å². The smallest absolute Gasteiger partial charge is 0.104 e. The summed E-state index contributed by atoms with van der Waals surface area (Å²) < 4.78 is 16.0. The topological polar surface area (TPSA) is 47.9 Å². The lowest BCUT2D eigenvalue weighted by Gasteiger charge is -2.23. The molecule has 4 heteroatoms. The molecular formula is C12H26O4. The van der Waals surface area contributed by atoms with Crippen molar-refractivity contribution in [2.45, 2.75) is 45.3 Å². The Bertz CT molecular complexity index is 154. The van der Waals surface area contributed by atoms with Crippen molar-refractivity contribution in [1.82, 2.24) is 0 Å². The van der Waals surface area contributed by atoms with Crippen molar-refractivity contribution in [3.8, 4) is 0 Å². The van der Waals surface area contributed by atoms with Gasteiger partial charge >= 0.3 is 0 Å². The molecule has 0 saturated carbocycles. The normalized spacial score (nSPS) is 14.1. The van der Waals surface area contributed by atoms with Crippen molar-refractivity contribution in [3.63, 3.8) is 0 Å². The second kappa shape index (κ2) is 8.93. The summed E-state index contributed by atoms with van der Waals surface area (Å²) in [6, 6.07) is 0. The Morgan fingerprint density at radius 2 is 1.75 bits per heavy atom. The van der Waals surface area contributed by atoms with Crippen molar-refractivity contribution in [2.24, 2.45) is 0 Å². The van der Waals surface area contributed by atoms with Gasteiger partial charge in [-0.3, -0.25) is 0 Å². The highest BCUT2D eigenvalue weighted by molar-refractivity contribution is 4.62. The van der Waals surface area contributed by atoms with Gasteiger partial charge in [-0.15, -0.1) is 0 Å². The summed E-state index contributed by atoms with van der Waals surface area (Å²) in [7, 11) is 1.69. The first-order chi connectivity index (χ1) is 7.49. The summed E-state index contributed by atoms with van der Waals surface area (Å²) in [6.45, 7) is 7.79. The van der Waals surface area contributed by atoms with Crippen LogP contribution in [0.4, 0.5) is 0 Å². The van der Waals surface area contributed by atoms with Crippen molar-refractivity contribution in [2.75, 3.05) is 33.5 Å². The molecule has 0 aromatic rings. The molecule has 1 N–H and O–H groups in total. The molecule has 1 atom stereocenters. The lowest BCUT2D eigenvalue weighted by atomic mass is 10.2. The summed E-state index contributed by atoms with van der Waals surface area (Å²) in [5, 5.41) is 9.10. The average molecular weight is 234 g/mol. The molecule has 0 bridgehead atoms. The standard InChI is InChI=1S/C12H26O4/c1-12(2,3)16-10-11(9-13)15-8-6-5-7-14-4/h11,13H,5-10H2,1-4H3. The van der Waals surface area contributed by atoms with Gasteiger partial charge in [-0.05, 0) is 33.6 Å². The van der Waals surface area contributed by atoms with Gasteiger partial charge in [0.05, 0.1) is 18.8 Å². The van der Waals surface area contributed by atoms with E-state index in [4.69, 9.17) is 19.3 Å². The van der Waals surface area contributed by atoms with E-state index in [9.17, 15) is 0 Å². The zero-order chi connectivity index (χ0) is 12.4. The fourth-order valence-corrected chi connectivity index (χ4v) is 1.09. The van der Waals surface area contributed by atoms with Gasteiger partial charge in [0, 0.05) is 20.3 Å². The summed E-state index contributed by atoms with van der Waals surface area (Å²) in [6.07, 6.45) is 1.70. The van der Waals surface area contributed by atoms with Crippen LogP contribution in [0.3, 0.4) is 0 Å². The molecule has 0 rings (SSSR count). The molecule has 98 valence electrons. The highest BCUT2D eigenvalue weighted by atomic mass is 16.5. The van der Waals surface area contributed by atoms with Crippen molar-refractivity contribution in [1.29, 1.82) is 0 Å². The number of unbranched alkanes of at least 4 members (excludes halogenated alkanes) is 1. The SMILES string of the molecule is COCCCCOC(CO)COC(C)(C)C. The van der Waals surface area contributed by atoms with Crippen LogP contribution in [-0.4, -0.2) is 50.3 Å². The van der Waals surface area contributed by atoms with Crippen LogP contribution in [-0.2, 0) is 14.2 Å². The van der Waals surface area contributed by atoms with E-state index >= 15 is 0 Å². The van der Waals surface area contributed by atoms with Crippen molar-refractivity contribution >= 4 is 0 Å². The first kappa shape index (κ1) is 15.8. The van der Waals surface area contributed by atoms with Crippen LogP contribution in [0.25, 0.3) is 0 Å². The largest absolute Gasteiger partial charge is 0.394 e. The van der Waals surface area contributed by atoms with Gasteiger partial charge in [-0.2, -0.15) is 0 Å². The summed E-state index contributed by atoms with van der Waals surface area (Å²) >= 11 is 0. The Morgan fingerprint density at radius 3 is 2.25 bits per heavy atom. The van der Waals surface area contributed by atoms with Gasteiger partial charge in [0.2, 0.25) is 0 Å². The predicted molar refractivity (Wildman–Crippen MR) is 63.6 cm³/mol. The number of hydrogen-bond donors (Lipinski definition) is 1. The van der Waals surface area contributed by atoms with E-state index in [2.05, 4.69) is 0 Å². The molecular weight excluding hydrogens is 208 g/mol. The molecule has 0 saturated heterocycles. The third-order valence-electron chi connectivity index (χ3n) is 2.00. The fourth-order valence-electron chi connectivity index (χ4n) is 1.09. The van der Waals surface area contributed by atoms with Gasteiger partial charge in [0.1, 0.15) is 6.10 Å². The first-order valence-electron chi connectivity index (χ1n) is 5.85. The lowest BCUT2D eigenvalue weighted by Crippen LogP contribution is -2.30. The molecule has 0 aromatic carbocycles. The number of aliphatic hydroxyl groups excluding tert-OH is 1. The van der Waals surface area contributed by atoms with Gasteiger partial charge in [-0.1, -0.05) is 0 Å². The van der Waals surface area contributed by atoms with Gasteiger partial charge in [0.25, 0.3) is 0 Å². The quantitative estimate of drug-likeness (QED) is 0.616. The maximum atomic E-state index is 9.10. The second-order valence-corrected chi connectivity index (χ2v) is 4.80. The third-order valence-corrected chi connectivity index (χ3v) is 2.00. The highest BCUT2D eigenvalue weighted by Gasteiger charge is 2.15. The first-order valence-corrected chi connectivity index (χ1v) is 5.85. The molecule has 1 unspecified atom stereocenters. The Labute approximate surface area is 98.9 Å². The lowest BCUT2D eigenvalue weighted by molar-refractivity contribution is -0.0877. The van der Waals surface area contributed by atoms with E-state index in [0.717, 1.165) is 19.4 Å². The fraction of sp³-hybridized carbons (Fsp3) is 1.00. The number of ether oxygens (including phenoxy) is 3. The Balaban J connectivity index is 3.52. The zero-order valence-electron chi connectivity index (χ0n) is 11.0. The minimum Gasteiger partial charge on any atom is -0.394 e.